The van der Waals surface area contributed by atoms with Crippen LogP contribution in [0.3, 0.4) is 0 Å². The molecule has 0 spiro atoms. The van der Waals surface area contributed by atoms with Crippen LogP contribution in [0.15, 0.2) is 16.3 Å². The summed E-state index contributed by atoms with van der Waals surface area (Å²) < 4.78 is 27.3. The normalized spacial score (nSPS) is 13.8. The van der Waals surface area contributed by atoms with Gasteiger partial charge in [-0.15, -0.1) is 11.3 Å². The standard InChI is InChI=1S/C14H26N2O2S3/c1-5-12(11-19-4)16(3)21(17,18)14-8-7-13(20-14)9-10-15-6-2/h7-8,12,15H,5-6,9-11H2,1-4H3. The number of hydrogen-bond donors (Lipinski definition) is 1. The lowest BCUT2D eigenvalue weighted by molar-refractivity contribution is 0.386. The Kier molecular flexibility index (Phi) is 8.26. The minimum absolute atomic E-state index is 0.0531. The number of thiophene rings is 1. The number of rotatable bonds is 10. The quantitative estimate of drug-likeness (QED) is 0.659. The largest absolute Gasteiger partial charge is 0.317 e. The maximum Gasteiger partial charge on any atom is 0.252 e. The molecule has 1 aromatic rings. The van der Waals surface area contributed by atoms with Gasteiger partial charge in [-0.25, -0.2) is 8.42 Å². The molecule has 0 aliphatic carbocycles. The number of nitrogens with zero attached hydrogens (tertiary/aromatic N) is 1. The van der Waals surface area contributed by atoms with E-state index >= 15 is 0 Å². The summed E-state index contributed by atoms with van der Waals surface area (Å²) in [6.45, 7) is 5.92. The molecule has 0 aliphatic rings. The highest BCUT2D eigenvalue weighted by atomic mass is 32.2. The van der Waals surface area contributed by atoms with E-state index in [1.165, 1.54) is 15.6 Å². The summed E-state index contributed by atoms with van der Waals surface area (Å²) in [6.07, 6.45) is 3.71. The molecule has 0 amide bonds. The van der Waals surface area contributed by atoms with Gasteiger partial charge in [-0.1, -0.05) is 13.8 Å². The first-order chi connectivity index (χ1) is 9.97. The Morgan fingerprint density at radius 1 is 1.38 bits per heavy atom. The lowest BCUT2D eigenvalue weighted by Gasteiger charge is -2.25. The lowest BCUT2D eigenvalue weighted by Crippen LogP contribution is -2.37. The zero-order valence-electron chi connectivity index (χ0n) is 13.3. The summed E-state index contributed by atoms with van der Waals surface area (Å²) in [7, 11) is -1.67. The number of thioether (sulfide) groups is 1. The molecule has 0 bridgehead atoms. The Bertz CT molecular complexity index is 514. The number of nitrogens with one attached hydrogen (secondary N) is 1. The minimum atomic E-state index is -3.36. The van der Waals surface area contributed by atoms with Crippen molar-refractivity contribution < 1.29 is 8.42 Å². The average Bonchev–Trinajstić information content (AvgIpc) is 2.94. The van der Waals surface area contributed by atoms with Gasteiger partial charge in [0.25, 0.3) is 10.0 Å². The molecule has 1 aromatic heterocycles. The third-order valence-electron chi connectivity index (χ3n) is 3.41. The first kappa shape index (κ1) is 19.0. The van der Waals surface area contributed by atoms with Crippen molar-refractivity contribution in [2.45, 2.75) is 36.9 Å². The van der Waals surface area contributed by atoms with Crippen LogP contribution in [0.5, 0.6) is 0 Å². The number of hydrogen-bond acceptors (Lipinski definition) is 5. The van der Waals surface area contributed by atoms with Gasteiger partial charge in [-0.2, -0.15) is 16.1 Å². The van der Waals surface area contributed by atoms with Crippen LogP contribution < -0.4 is 5.32 Å². The molecule has 4 nitrogen and oxygen atoms in total. The molecule has 1 atom stereocenters. The van der Waals surface area contributed by atoms with Gasteiger partial charge in [-0.05, 0) is 44.3 Å². The van der Waals surface area contributed by atoms with E-state index in [9.17, 15) is 8.42 Å². The highest BCUT2D eigenvalue weighted by Crippen LogP contribution is 2.26. The molecule has 0 saturated carbocycles. The highest BCUT2D eigenvalue weighted by molar-refractivity contribution is 7.98. The van der Waals surface area contributed by atoms with Crippen LogP contribution >= 0.6 is 23.1 Å². The van der Waals surface area contributed by atoms with Crippen molar-refractivity contribution in [2.75, 3.05) is 32.1 Å². The van der Waals surface area contributed by atoms with Crippen LogP contribution in [0, 0.1) is 0 Å². The number of sulfonamides is 1. The molecule has 0 aromatic carbocycles. The maximum atomic E-state index is 12.7. The first-order valence-electron chi connectivity index (χ1n) is 7.23. The second-order valence-electron chi connectivity index (χ2n) is 4.86. The van der Waals surface area contributed by atoms with Crippen molar-refractivity contribution in [3.8, 4) is 0 Å². The average molecular weight is 351 g/mol. The molecule has 0 saturated heterocycles. The van der Waals surface area contributed by atoms with Crippen LogP contribution in [-0.2, 0) is 16.4 Å². The van der Waals surface area contributed by atoms with E-state index in [0.29, 0.717) is 4.21 Å². The van der Waals surface area contributed by atoms with Gasteiger partial charge >= 0.3 is 0 Å². The van der Waals surface area contributed by atoms with Crippen molar-refractivity contribution in [3.05, 3.63) is 17.0 Å². The Labute approximate surface area is 137 Å². The van der Waals surface area contributed by atoms with Crippen LogP contribution in [0.1, 0.15) is 25.1 Å². The predicted octanol–water partition coefficient (Wildman–Crippen LogP) is 2.66. The first-order valence-corrected chi connectivity index (χ1v) is 10.9. The Hall–Kier alpha value is -0.0800. The van der Waals surface area contributed by atoms with E-state index in [1.54, 1.807) is 24.9 Å². The Morgan fingerprint density at radius 3 is 2.67 bits per heavy atom. The van der Waals surface area contributed by atoms with E-state index in [0.717, 1.165) is 36.6 Å². The molecule has 7 heteroatoms. The van der Waals surface area contributed by atoms with Gasteiger partial charge in [0.05, 0.1) is 0 Å². The third-order valence-corrected chi connectivity index (χ3v) is 7.65. The predicted molar refractivity (Wildman–Crippen MR) is 94.0 cm³/mol. The minimum Gasteiger partial charge on any atom is -0.317 e. The summed E-state index contributed by atoms with van der Waals surface area (Å²) >= 11 is 3.07. The van der Waals surface area contributed by atoms with Crippen LogP contribution in [0.2, 0.25) is 0 Å². The van der Waals surface area contributed by atoms with Crippen LogP contribution in [-0.4, -0.2) is 50.9 Å². The van der Waals surface area contributed by atoms with Crippen LogP contribution in [0.25, 0.3) is 0 Å². The third kappa shape index (κ3) is 5.25. The van der Waals surface area contributed by atoms with E-state index in [-0.39, 0.29) is 6.04 Å². The Morgan fingerprint density at radius 2 is 2.10 bits per heavy atom. The second kappa shape index (κ2) is 9.15. The molecular formula is C14H26N2O2S3. The summed E-state index contributed by atoms with van der Waals surface area (Å²) in [5.74, 6) is 0.824. The van der Waals surface area contributed by atoms with Gasteiger partial charge in [0, 0.05) is 23.7 Å². The second-order valence-corrected chi connectivity index (χ2v) is 9.17. The molecule has 1 N–H and O–H groups in total. The zero-order valence-corrected chi connectivity index (χ0v) is 15.7. The van der Waals surface area contributed by atoms with E-state index in [2.05, 4.69) is 12.2 Å². The highest BCUT2D eigenvalue weighted by Gasteiger charge is 2.28. The fourth-order valence-corrected chi connectivity index (χ4v) is 5.94. The molecule has 122 valence electrons. The van der Waals surface area contributed by atoms with Crippen molar-refractivity contribution in [1.29, 1.82) is 0 Å². The maximum absolute atomic E-state index is 12.7. The Balaban J connectivity index is 2.82. The van der Waals surface area contributed by atoms with Gasteiger partial charge in [0.15, 0.2) is 0 Å². The fraction of sp³-hybridized carbons (Fsp3) is 0.714. The summed E-state index contributed by atoms with van der Waals surface area (Å²) in [5.41, 5.74) is 0. The molecule has 1 rings (SSSR count). The van der Waals surface area contributed by atoms with Gasteiger partial charge in [0.1, 0.15) is 4.21 Å². The molecule has 21 heavy (non-hydrogen) atoms. The van der Waals surface area contributed by atoms with Crippen molar-refractivity contribution >= 4 is 33.1 Å². The van der Waals surface area contributed by atoms with Crippen molar-refractivity contribution in [1.82, 2.24) is 9.62 Å². The molecule has 0 aliphatic heterocycles. The molecular weight excluding hydrogens is 324 g/mol. The molecule has 0 radical (unpaired) electrons. The smallest absolute Gasteiger partial charge is 0.252 e. The molecule has 1 unspecified atom stereocenters. The summed E-state index contributed by atoms with van der Waals surface area (Å²) in [5, 5.41) is 3.26. The lowest BCUT2D eigenvalue weighted by atomic mass is 10.3. The number of likely N-dealkylation sites (N-methyl/N-ethyl adjacent to an activating group) is 1. The SMILES string of the molecule is CCNCCc1ccc(S(=O)(=O)N(C)C(CC)CSC)s1. The summed E-state index contributed by atoms with van der Waals surface area (Å²) in [4.78, 5) is 1.11. The van der Waals surface area contributed by atoms with Gasteiger partial charge in [-0.3, -0.25) is 0 Å². The van der Waals surface area contributed by atoms with Gasteiger partial charge < -0.3 is 5.32 Å². The van der Waals surface area contributed by atoms with E-state index in [4.69, 9.17) is 0 Å². The van der Waals surface area contributed by atoms with Crippen molar-refractivity contribution in [2.24, 2.45) is 0 Å². The van der Waals surface area contributed by atoms with E-state index < -0.39 is 10.0 Å². The van der Waals surface area contributed by atoms with Crippen LogP contribution in [0.4, 0.5) is 0 Å². The summed E-state index contributed by atoms with van der Waals surface area (Å²) in [6, 6.07) is 3.72. The molecule has 1 heterocycles. The van der Waals surface area contributed by atoms with Crippen molar-refractivity contribution in [3.63, 3.8) is 0 Å². The zero-order chi connectivity index (χ0) is 15.9. The fourth-order valence-electron chi connectivity index (χ4n) is 2.03. The molecule has 0 fully saturated rings. The topological polar surface area (TPSA) is 49.4 Å². The van der Waals surface area contributed by atoms with E-state index in [1.807, 2.05) is 19.2 Å². The monoisotopic (exact) mass is 350 g/mol. The van der Waals surface area contributed by atoms with Gasteiger partial charge in [0.2, 0.25) is 0 Å².